The quantitative estimate of drug-likeness (QED) is 0.906. The average Bonchev–Trinajstić information content (AvgIpc) is 2.73. The van der Waals surface area contributed by atoms with Crippen molar-refractivity contribution in [3.63, 3.8) is 0 Å². The van der Waals surface area contributed by atoms with Gasteiger partial charge in [0, 0.05) is 28.3 Å². The molecule has 0 radical (unpaired) electrons. The smallest absolute Gasteiger partial charge is 0.0550 e. The van der Waals surface area contributed by atoms with Crippen molar-refractivity contribution >= 4 is 38.6 Å². The van der Waals surface area contributed by atoms with Crippen molar-refractivity contribution in [1.29, 1.82) is 0 Å². The van der Waals surface area contributed by atoms with E-state index in [0.717, 1.165) is 22.4 Å². The van der Waals surface area contributed by atoms with E-state index in [0.29, 0.717) is 0 Å². The molecule has 2 aromatic rings. The minimum Gasteiger partial charge on any atom is -0.387 e. The van der Waals surface area contributed by atoms with E-state index in [1.165, 1.54) is 4.88 Å². The molecule has 0 saturated heterocycles. The first-order valence-electron chi connectivity index (χ1n) is 4.87. The number of hydrogen-bond acceptors (Lipinski definition) is 4. The summed E-state index contributed by atoms with van der Waals surface area (Å²) in [6.07, 6.45) is 3.62. The first kappa shape index (κ1) is 11.4. The van der Waals surface area contributed by atoms with Crippen LogP contribution >= 0.6 is 27.3 Å². The number of thiophene rings is 1. The molecule has 84 valence electrons. The summed E-state index contributed by atoms with van der Waals surface area (Å²) in [4.78, 5) is 5.44. The molecule has 0 fully saturated rings. The molecule has 0 unspecified atom stereocenters. The number of rotatable bonds is 4. The van der Waals surface area contributed by atoms with Gasteiger partial charge in [-0.15, -0.1) is 11.3 Å². The van der Waals surface area contributed by atoms with Gasteiger partial charge in [-0.2, -0.15) is 0 Å². The SMILES string of the molecule is CNc1cncc(NCc2cc(Br)cs2)c1. The lowest BCUT2D eigenvalue weighted by Crippen LogP contribution is -1.99. The molecule has 2 N–H and O–H groups in total. The van der Waals surface area contributed by atoms with E-state index in [9.17, 15) is 0 Å². The van der Waals surface area contributed by atoms with Crippen LogP contribution in [-0.2, 0) is 6.54 Å². The van der Waals surface area contributed by atoms with E-state index < -0.39 is 0 Å². The fourth-order valence-electron chi connectivity index (χ4n) is 1.31. The molecule has 16 heavy (non-hydrogen) atoms. The largest absolute Gasteiger partial charge is 0.387 e. The van der Waals surface area contributed by atoms with E-state index in [4.69, 9.17) is 0 Å². The predicted octanol–water partition coefficient (Wildman–Crippen LogP) is 3.56. The molecule has 0 aliphatic heterocycles. The molecule has 0 atom stereocenters. The topological polar surface area (TPSA) is 37.0 Å². The number of pyridine rings is 1. The Morgan fingerprint density at radius 2 is 2.12 bits per heavy atom. The second-order valence-corrected chi connectivity index (χ2v) is 5.21. The fraction of sp³-hybridized carbons (Fsp3) is 0.182. The van der Waals surface area contributed by atoms with Gasteiger partial charge in [-0.25, -0.2) is 0 Å². The third kappa shape index (κ3) is 2.96. The number of anilines is 2. The van der Waals surface area contributed by atoms with Crippen LogP contribution in [0.25, 0.3) is 0 Å². The molecule has 0 spiro atoms. The second-order valence-electron chi connectivity index (χ2n) is 3.30. The van der Waals surface area contributed by atoms with Crippen LogP contribution in [0.4, 0.5) is 11.4 Å². The van der Waals surface area contributed by atoms with Gasteiger partial charge in [0.05, 0.1) is 23.8 Å². The molecular weight excluding hydrogens is 286 g/mol. The summed E-state index contributed by atoms with van der Waals surface area (Å²) in [6.45, 7) is 0.825. The van der Waals surface area contributed by atoms with Crippen LogP contribution < -0.4 is 10.6 Å². The molecule has 0 saturated carbocycles. The van der Waals surface area contributed by atoms with Crippen LogP contribution in [-0.4, -0.2) is 12.0 Å². The average molecular weight is 298 g/mol. The van der Waals surface area contributed by atoms with Gasteiger partial charge in [0.2, 0.25) is 0 Å². The van der Waals surface area contributed by atoms with E-state index in [1.54, 1.807) is 17.5 Å². The summed E-state index contributed by atoms with van der Waals surface area (Å²) in [6, 6.07) is 4.16. The van der Waals surface area contributed by atoms with Crippen molar-refractivity contribution in [1.82, 2.24) is 4.98 Å². The normalized spacial score (nSPS) is 10.1. The summed E-state index contributed by atoms with van der Waals surface area (Å²) in [7, 11) is 1.89. The Kier molecular flexibility index (Phi) is 3.79. The van der Waals surface area contributed by atoms with Gasteiger partial charge in [-0.3, -0.25) is 4.98 Å². The molecule has 0 aliphatic rings. The standard InChI is InChI=1S/C11H12BrN3S/c1-13-9-3-10(5-14-4-9)15-6-11-2-8(12)7-16-11/h2-5,7,13,15H,6H2,1H3. The van der Waals surface area contributed by atoms with E-state index in [1.807, 2.05) is 19.3 Å². The molecule has 0 amide bonds. The van der Waals surface area contributed by atoms with Gasteiger partial charge >= 0.3 is 0 Å². The number of hydrogen-bond donors (Lipinski definition) is 2. The van der Waals surface area contributed by atoms with Gasteiger partial charge < -0.3 is 10.6 Å². The van der Waals surface area contributed by atoms with Gasteiger partial charge in [0.1, 0.15) is 0 Å². The van der Waals surface area contributed by atoms with Crippen LogP contribution in [0.15, 0.2) is 34.4 Å². The molecule has 0 bridgehead atoms. The Morgan fingerprint density at radius 1 is 1.31 bits per heavy atom. The maximum atomic E-state index is 4.14. The Bertz CT molecular complexity index is 470. The summed E-state index contributed by atoms with van der Waals surface area (Å²) in [5.41, 5.74) is 2.04. The van der Waals surface area contributed by atoms with Crippen molar-refractivity contribution in [3.8, 4) is 0 Å². The van der Waals surface area contributed by atoms with Crippen molar-refractivity contribution in [3.05, 3.63) is 39.3 Å². The summed E-state index contributed by atoms with van der Waals surface area (Å²) < 4.78 is 1.14. The zero-order valence-electron chi connectivity index (χ0n) is 8.83. The minimum absolute atomic E-state index is 0.825. The molecule has 2 aromatic heterocycles. The monoisotopic (exact) mass is 297 g/mol. The van der Waals surface area contributed by atoms with Gasteiger partial charge in [-0.05, 0) is 28.1 Å². The van der Waals surface area contributed by atoms with E-state index >= 15 is 0 Å². The number of aromatic nitrogens is 1. The Labute approximate surface area is 107 Å². The third-order valence-electron chi connectivity index (χ3n) is 2.12. The summed E-state index contributed by atoms with van der Waals surface area (Å²) >= 11 is 5.17. The van der Waals surface area contributed by atoms with Crippen molar-refractivity contribution in [2.24, 2.45) is 0 Å². The maximum absolute atomic E-state index is 4.14. The maximum Gasteiger partial charge on any atom is 0.0550 e. The van der Waals surface area contributed by atoms with Crippen LogP contribution in [0, 0.1) is 0 Å². The lowest BCUT2D eigenvalue weighted by atomic mass is 10.3. The molecule has 0 aliphatic carbocycles. The number of nitrogens with one attached hydrogen (secondary N) is 2. The summed E-state index contributed by atoms with van der Waals surface area (Å²) in [5, 5.41) is 8.48. The van der Waals surface area contributed by atoms with Gasteiger partial charge in [0.15, 0.2) is 0 Å². The zero-order valence-corrected chi connectivity index (χ0v) is 11.2. The second kappa shape index (κ2) is 5.32. The van der Waals surface area contributed by atoms with Crippen LogP contribution in [0.3, 0.4) is 0 Å². The lowest BCUT2D eigenvalue weighted by Gasteiger charge is -2.06. The number of halogens is 1. The van der Waals surface area contributed by atoms with Crippen molar-refractivity contribution in [2.75, 3.05) is 17.7 Å². The van der Waals surface area contributed by atoms with E-state index in [-0.39, 0.29) is 0 Å². The Balaban J connectivity index is 1.99. The zero-order chi connectivity index (χ0) is 11.4. The van der Waals surface area contributed by atoms with Crippen molar-refractivity contribution < 1.29 is 0 Å². The third-order valence-corrected chi connectivity index (χ3v) is 3.81. The van der Waals surface area contributed by atoms with Gasteiger partial charge in [-0.1, -0.05) is 0 Å². The summed E-state index contributed by atoms with van der Waals surface area (Å²) in [5.74, 6) is 0. The first-order chi connectivity index (χ1) is 7.78. The van der Waals surface area contributed by atoms with Gasteiger partial charge in [0.25, 0.3) is 0 Å². The lowest BCUT2D eigenvalue weighted by molar-refractivity contribution is 1.17. The van der Waals surface area contributed by atoms with Crippen molar-refractivity contribution in [2.45, 2.75) is 6.54 Å². The molecule has 0 aromatic carbocycles. The fourth-order valence-corrected chi connectivity index (χ4v) is 2.70. The Hall–Kier alpha value is -1.07. The highest BCUT2D eigenvalue weighted by Gasteiger charge is 1.98. The molecule has 2 rings (SSSR count). The van der Waals surface area contributed by atoms with Crippen LogP contribution in [0.5, 0.6) is 0 Å². The molecule has 3 nitrogen and oxygen atoms in total. The highest BCUT2D eigenvalue weighted by atomic mass is 79.9. The first-order valence-corrected chi connectivity index (χ1v) is 6.55. The molecule has 5 heteroatoms. The highest BCUT2D eigenvalue weighted by Crippen LogP contribution is 2.21. The molecule has 2 heterocycles. The Morgan fingerprint density at radius 3 is 2.81 bits per heavy atom. The van der Waals surface area contributed by atoms with E-state index in [2.05, 4.69) is 43.0 Å². The molecular formula is C11H12BrN3S. The minimum atomic E-state index is 0.825. The highest BCUT2D eigenvalue weighted by molar-refractivity contribution is 9.10. The number of nitrogens with zero attached hydrogens (tertiary/aromatic N) is 1. The van der Waals surface area contributed by atoms with Crippen LogP contribution in [0.1, 0.15) is 4.88 Å². The predicted molar refractivity (Wildman–Crippen MR) is 73.1 cm³/mol. The van der Waals surface area contributed by atoms with Crippen LogP contribution in [0.2, 0.25) is 0 Å².